The molecule has 0 amide bonds. The molecule has 0 aliphatic rings. The summed E-state index contributed by atoms with van der Waals surface area (Å²) in [7, 11) is 0. The molecule has 24 heavy (non-hydrogen) atoms. The van der Waals surface area contributed by atoms with Crippen LogP contribution < -0.4 is 10.9 Å². The number of benzene rings is 2. The number of hydrogen-bond acceptors (Lipinski definition) is 6. The summed E-state index contributed by atoms with van der Waals surface area (Å²) >= 11 is 0. The van der Waals surface area contributed by atoms with Crippen LogP contribution >= 0.6 is 0 Å². The van der Waals surface area contributed by atoms with Crippen molar-refractivity contribution in [2.75, 3.05) is 13.1 Å². The second kappa shape index (κ2) is 10.1. The molecule has 6 heteroatoms. The summed E-state index contributed by atoms with van der Waals surface area (Å²) in [5.41, 5.74) is 7.09. The lowest BCUT2D eigenvalue weighted by Gasteiger charge is -2.08. The van der Waals surface area contributed by atoms with Gasteiger partial charge in [-0.3, -0.25) is 9.59 Å². The highest BCUT2D eigenvalue weighted by molar-refractivity contribution is 5.72. The van der Waals surface area contributed by atoms with Gasteiger partial charge in [-0.05, 0) is 11.1 Å². The second-order valence-electron chi connectivity index (χ2n) is 5.00. The van der Waals surface area contributed by atoms with Gasteiger partial charge in [-0.2, -0.15) is 0 Å². The van der Waals surface area contributed by atoms with Crippen LogP contribution in [0.5, 0.6) is 0 Å². The van der Waals surface area contributed by atoms with Crippen molar-refractivity contribution >= 4 is 11.9 Å². The molecule has 6 nitrogen and oxygen atoms in total. The van der Waals surface area contributed by atoms with E-state index in [1.807, 2.05) is 60.7 Å². The Balaban J connectivity index is 1.52. The fourth-order valence-electron chi connectivity index (χ4n) is 1.85. The minimum atomic E-state index is -0.413. The molecule has 2 N–H and O–H groups in total. The van der Waals surface area contributed by atoms with E-state index in [1.165, 1.54) is 0 Å². The maximum Gasteiger partial charge on any atom is 0.321 e. The molecule has 0 atom stereocenters. The van der Waals surface area contributed by atoms with Gasteiger partial charge >= 0.3 is 11.9 Å². The number of hydrazine groups is 1. The van der Waals surface area contributed by atoms with Gasteiger partial charge in [0.05, 0.1) is 0 Å². The van der Waals surface area contributed by atoms with E-state index >= 15 is 0 Å². The summed E-state index contributed by atoms with van der Waals surface area (Å²) in [6.07, 6.45) is 0. The number of esters is 2. The SMILES string of the molecule is O=C(CNNCC(=O)OCc1ccccc1)OCc1ccccc1. The third kappa shape index (κ3) is 7.04. The number of carbonyl (C=O) groups is 2. The first-order valence-corrected chi connectivity index (χ1v) is 7.59. The predicted octanol–water partition coefficient (Wildman–Crippen LogP) is 1.57. The van der Waals surface area contributed by atoms with Crippen molar-refractivity contribution in [3.05, 3.63) is 71.8 Å². The van der Waals surface area contributed by atoms with E-state index in [0.29, 0.717) is 0 Å². The Kier molecular flexibility index (Phi) is 7.46. The number of rotatable bonds is 9. The summed E-state index contributed by atoms with van der Waals surface area (Å²) in [5, 5.41) is 0. The summed E-state index contributed by atoms with van der Waals surface area (Å²) in [4.78, 5) is 23.1. The van der Waals surface area contributed by atoms with Crippen LogP contribution in [0.25, 0.3) is 0 Å². The maximum absolute atomic E-state index is 11.5. The van der Waals surface area contributed by atoms with Crippen molar-refractivity contribution in [1.29, 1.82) is 0 Å². The standard InChI is InChI=1S/C18H20N2O4/c21-17(23-13-15-7-3-1-4-8-15)11-19-20-12-18(22)24-14-16-9-5-2-6-10-16/h1-10,19-20H,11-14H2. The molecule has 2 aromatic carbocycles. The Bertz CT molecular complexity index is 574. The molecule has 0 aliphatic carbocycles. The fraction of sp³-hybridized carbons (Fsp3) is 0.222. The van der Waals surface area contributed by atoms with Crippen molar-refractivity contribution in [3.8, 4) is 0 Å². The van der Waals surface area contributed by atoms with Gasteiger partial charge in [0, 0.05) is 0 Å². The molecule has 0 unspecified atom stereocenters. The number of carbonyl (C=O) groups excluding carboxylic acids is 2. The van der Waals surface area contributed by atoms with E-state index in [-0.39, 0.29) is 26.3 Å². The van der Waals surface area contributed by atoms with Crippen LogP contribution in [-0.2, 0) is 32.3 Å². The normalized spacial score (nSPS) is 10.2. The van der Waals surface area contributed by atoms with Crippen molar-refractivity contribution < 1.29 is 19.1 Å². The highest BCUT2D eigenvalue weighted by atomic mass is 16.5. The highest BCUT2D eigenvalue weighted by Gasteiger charge is 2.05. The van der Waals surface area contributed by atoms with Crippen LogP contribution in [0.1, 0.15) is 11.1 Å². The lowest BCUT2D eigenvalue weighted by atomic mass is 10.2. The van der Waals surface area contributed by atoms with E-state index < -0.39 is 11.9 Å². The van der Waals surface area contributed by atoms with Gasteiger partial charge in [0.2, 0.25) is 0 Å². The van der Waals surface area contributed by atoms with Gasteiger partial charge in [-0.15, -0.1) is 0 Å². The summed E-state index contributed by atoms with van der Waals surface area (Å²) < 4.78 is 10.2. The van der Waals surface area contributed by atoms with Gasteiger partial charge in [0.15, 0.2) is 0 Å². The Morgan fingerprint density at radius 3 is 1.42 bits per heavy atom. The molecule has 2 rings (SSSR count). The van der Waals surface area contributed by atoms with E-state index in [9.17, 15) is 9.59 Å². The third-order valence-corrected chi connectivity index (χ3v) is 3.08. The Morgan fingerprint density at radius 1 is 0.667 bits per heavy atom. The van der Waals surface area contributed by atoms with Crippen LogP contribution in [0.15, 0.2) is 60.7 Å². The molecule has 0 saturated heterocycles. The smallest absolute Gasteiger partial charge is 0.321 e. The van der Waals surface area contributed by atoms with Crippen molar-refractivity contribution in [3.63, 3.8) is 0 Å². The van der Waals surface area contributed by atoms with Crippen molar-refractivity contribution in [2.24, 2.45) is 0 Å². The molecule has 126 valence electrons. The summed E-state index contributed by atoms with van der Waals surface area (Å²) in [5.74, 6) is -0.826. The van der Waals surface area contributed by atoms with Crippen molar-refractivity contribution in [2.45, 2.75) is 13.2 Å². The molecule has 0 bridgehead atoms. The Hall–Kier alpha value is -2.70. The number of ether oxygens (including phenoxy) is 2. The maximum atomic E-state index is 11.5. The summed E-state index contributed by atoms with van der Waals surface area (Å²) in [6.45, 7) is 0.360. The fourth-order valence-corrected chi connectivity index (χ4v) is 1.85. The van der Waals surface area contributed by atoms with Crippen molar-refractivity contribution in [1.82, 2.24) is 10.9 Å². The molecule has 0 fully saturated rings. The first-order valence-electron chi connectivity index (χ1n) is 7.59. The average Bonchev–Trinajstić information content (AvgIpc) is 2.63. The molecular formula is C18H20N2O4. The molecule has 0 heterocycles. The van der Waals surface area contributed by atoms with Crippen LogP contribution in [-0.4, -0.2) is 25.0 Å². The zero-order valence-corrected chi connectivity index (χ0v) is 13.2. The number of nitrogens with one attached hydrogen (secondary N) is 2. The molecule has 0 aromatic heterocycles. The lowest BCUT2D eigenvalue weighted by molar-refractivity contribution is -0.146. The molecule has 0 aliphatic heterocycles. The minimum absolute atomic E-state index is 0.0429. The zero-order valence-electron chi connectivity index (χ0n) is 13.2. The van der Waals surface area contributed by atoms with E-state index in [4.69, 9.17) is 9.47 Å². The van der Waals surface area contributed by atoms with Crippen LogP contribution in [0.4, 0.5) is 0 Å². The number of hydrogen-bond donors (Lipinski definition) is 2. The molecule has 0 radical (unpaired) electrons. The van der Waals surface area contributed by atoms with Gasteiger partial charge in [0.25, 0.3) is 0 Å². The Morgan fingerprint density at radius 2 is 1.04 bits per heavy atom. The monoisotopic (exact) mass is 328 g/mol. The lowest BCUT2D eigenvalue weighted by Crippen LogP contribution is -2.40. The second-order valence-corrected chi connectivity index (χ2v) is 5.00. The predicted molar refractivity (Wildman–Crippen MR) is 88.5 cm³/mol. The average molecular weight is 328 g/mol. The van der Waals surface area contributed by atoms with E-state index in [1.54, 1.807) is 0 Å². The first-order chi connectivity index (χ1) is 11.7. The summed E-state index contributed by atoms with van der Waals surface area (Å²) in [6, 6.07) is 18.8. The van der Waals surface area contributed by atoms with Crippen LogP contribution in [0.2, 0.25) is 0 Å². The third-order valence-electron chi connectivity index (χ3n) is 3.08. The molecule has 0 saturated carbocycles. The molecule has 2 aromatic rings. The zero-order chi connectivity index (χ0) is 17.0. The van der Waals surface area contributed by atoms with Crippen LogP contribution in [0, 0.1) is 0 Å². The topological polar surface area (TPSA) is 76.7 Å². The van der Waals surface area contributed by atoms with E-state index in [2.05, 4.69) is 10.9 Å². The minimum Gasteiger partial charge on any atom is -0.460 e. The van der Waals surface area contributed by atoms with Gasteiger partial charge in [-0.25, -0.2) is 10.9 Å². The highest BCUT2D eigenvalue weighted by Crippen LogP contribution is 2.01. The van der Waals surface area contributed by atoms with Gasteiger partial charge < -0.3 is 9.47 Å². The van der Waals surface area contributed by atoms with Gasteiger partial charge in [-0.1, -0.05) is 60.7 Å². The van der Waals surface area contributed by atoms with Gasteiger partial charge in [0.1, 0.15) is 26.3 Å². The molecular weight excluding hydrogens is 308 g/mol. The first kappa shape index (κ1) is 17.7. The largest absolute Gasteiger partial charge is 0.460 e. The quantitative estimate of drug-likeness (QED) is 0.413. The Labute approximate surface area is 140 Å². The van der Waals surface area contributed by atoms with E-state index in [0.717, 1.165) is 11.1 Å². The van der Waals surface area contributed by atoms with Crippen LogP contribution in [0.3, 0.4) is 0 Å². The molecule has 0 spiro atoms.